The molecule has 0 atom stereocenters. The number of benzene rings is 1. The van der Waals surface area contributed by atoms with Crippen LogP contribution in [-0.4, -0.2) is 85.2 Å². The Kier molecular flexibility index (Phi) is 12.4. The molecule has 9 heteroatoms. The second kappa shape index (κ2) is 14.7. The van der Waals surface area contributed by atoms with E-state index in [1.165, 1.54) is 11.1 Å². The molecule has 2 saturated heterocycles. The van der Waals surface area contributed by atoms with Gasteiger partial charge in [0.2, 0.25) is 5.91 Å². The zero-order valence-electron chi connectivity index (χ0n) is 20.1. The van der Waals surface area contributed by atoms with Crippen molar-refractivity contribution in [3.05, 3.63) is 35.4 Å². The predicted octanol–water partition coefficient (Wildman–Crippen LogP) is 1.53. The van der Waals surface area contributed by atoms with Crippen LogP contribution >= 0.6 is 24.0 Å². The Morgan fingerprint density at radius 1 is 1.03 bits per heavy atom. The average Bonchev–Trinajstić information content (AvgIpc) is 2.81. The van der Waals surface area contributed by atoms with Crippen LogP contribution in [0.2, 0.25) is 0 Å². The van der Waals surface area contributed by atoms with Crippen LogP contribution in [0, 0.1) is 0 Å². The lowest BCUT2D eigenvalue weighted by molar-refractivity contribution is -0.122. The monoisotopic (exact) mass is 572 g/mol. The first-order chi connectivity index (χ1) is 15.6. The fourth-order valence-corrected chi connectivity index (χ4v) is 4.29. The van der Waals surface area contributed by atoms with Crippen LogP contribution in [0.4, 0.5) is 0 Å². The van der Waals surface area contributed by atoms with Crippen LogP contribution in [0.3, 0.4) is 0 Å². The number of amides is 1. The van der Waals surface area contributed by atoms with Gasteiger partial charge in [0.05, 0.1) is 19.2 Å². The Balaban J connectivity index is 0.00000385. The van der Waals surface area contributed by atoms with E-state index in [0.29, 0.717) is 19.1 Å². The lowest BCUT2D eigenvalue weighted by atomic mass is 10.1. The number of nitrogens with zero attached hydrogens (tertiary/aromatic N) is 3. The quantitative estimate of drug-likeness (QED) is 0.215. The molecule has 0 spiro atoms. The molecule has 2 fully saturated rings. The van der Waals surface area contributed by atoms with E-state index in [-0.39, 0.29) is 36.0 Å². The zero-order valence-corrected chi connectivity index (χ0v) is 22.4. The molecule has 0 aliphatic carbocycles. The van der Waals surface area contributed by atoms with E-state index in [9.17, 15) is 9.90 Å². The van der Waals surface area contributed by atoms with Gasteiger partial charge in [-0.15, -0.1) is 24.0 Å². The molecule has 33 heavy (non-hydrogen) atoms. The van der Waals surface area contributed by atoms with Gasteiger partial charge in [-0.05, 0) is 43.7 Å². The smallest absolute Gasteiger partial charge is 0.233 e. The van der Waals surface area contributed by atoms with Gasteiger partial charge < -0.3 is 21.1 Å². The number of aliphatic hydroxyl groups is 1. The summed E-state index contributed by atoms with van der Waals surface area (Å²) in [6.07, 6.45) is 3.63. The number of carbonyl (C=O) groups excluding carboxylic acids is 1. The first-order valence-corrected chi connectivity index (χ1v) is 12.0. The van der Waals surface area contributed by atoms with Gasteiger partial charge in [0.25, 0.3) is 0 Å². The second-order valence-corrected chi connectivity index (χ2v) is 8.89. The van der Waals surface area contributed by atoms with E-state index in [2.05, 4.69) is 56.9 Å². The predicted molar refractivity (Wildman–Crippen MR) is 144 cm³/mol. The number of likely N-dealkylation sites (N-methyl/N-ethyl adjacent to an activating group) is 1. The van der Waals surface area contributed by atoms with Crippen LogP contribution in [-0.2, 0) is 17.9 Å². The third-order valence-electron chi connectivity index (χ3n) is 6.32. The second-order valence-electron chi connectivity index (χ2n) is 8.89. The van der Waals surface area contributed by atoms with Crippen molar-refractivity contribution in [2.24, 2.45) is 4.99 Å². The minimum atomic E-state index is -0.124. The highest BCUT2D eigenvalue weighted by atomic mass is 127. The Labute approximate surface area is 215 Å². The topological polar surface area (TPSA) is 92.2 Å². The van der Waals surface area contributed by atoms with Gasteiger partial charge in [-0.25, -0.2) is 4.99 Å². The number of hydrogen-bond donors (Lipinski definition) is 4. The number of carbonyl (C=O) groups is 1. The van der Waals surface area contributed by atoms with E-state index < -0.39 is 0 Å². The lowest BCUT2D eigenvalue weighted by Gasteiger charge is -2.32. The van der Waals surface area contributed by atoms with Crippen molar-refractivity contribution in [3.63, 3.8) is 0 Å². The maximum atomic E-state index is 11.6. The highest BCUT2D eigenvalue weighted by Crippen LogP contribution is 2.15. The number of aliphatic hydroxyl groups excluding tert-OH is 1. The summed E-state index contributed by atoms with van der Waals surface area (Å²) in [5, 5.41) is 19.3. The van der Waals surface area contributed by atoms with E-state index in [1.54, 1.807) is 7.05 Å². The number of guanidine groups is 1. The summed E-state index contributed by atoms with van der Waals surface area (Å²) >= 11 is 0. The zero-order chi connectivity index (χ0) is 22.8. The standard InChI is InChI=1S/C24H40N6O2.HI/c1-3-26-24(28-21-8-12-30(13-9-21)18-23(32)25-2)27-16-19-4-6-20(7-5-19)17-29-14-10-22(31)11-15-29;/h4-7,21-22,31H,3,8-18H2,1-2H3,(H,25,32)(H2,26,27,28);1H. The molecule has 3 rings (SSSR count). The van der Waals surface area contributed by atoms with Gasteiger partial charge in [-0.1, -0.05) is 24.3 Å². The Morgan fingerprint density at radius 3 is 2.24 bits per heavy atom. The van der Waals surface area contributed by atoms with Gasteiger partial charge in [-0.2, -0.15) is 0 Å². The molecule has 0 saturated carbocycles. The van der Waals surface area contributed by atoms with E-state index >= 15 is 0 Å². The molecule has 2 heterocycles. The molecule has 186 valence electrons. The van der Waals surface area contributed by atoms with Gasteiger partial charge in [0.1, 0.15) is 0 Å². The summed E-state index contributed by atoms with van der Waals surface area (Å²) in [4.78, 5) is 21.0. The summed E-state index contributed by atoms with van der Waals surface area (Å²) in [6.45, 7) is 8.74. The minimum absolute atomic E-state index is 0. The molecule has 8 nitrogen and oxygen atoms in total. The number of halogens is 1. The Hall–Kier alpha value is -1.43. The number of hydrogen-bond acceptors (Lipinski definition) is 5. The fraction of sp³-hybridized carbons (Fsp3) is 0.667. The van der Waals surface area contributed by atoms with E-state index in [4.69, 9.17) is 4.99 Å². The molecule has 1 aromatic carbocycles. The van der Waals surface area contributed by atoms with Crippen molar-refractivity contribution in [1.82, 2.24) is 25.8 Å². The maximum Gasteiger partial charge on any atom is 0.233 e. The van der Waals surface area contributed by atoms with Gasteiger partial charge in [0.15, 0.2) is 5.96 Å². The van der Waals surface area contributed by atoms with Crippen molar-refractivity contribution in [3.8, 4) is 0 Å². The molecule has 0 radical (unpaired) electrons. The average molecular weight is 573 g/mol. The van der Waals surface area contributed by atoms with Gasteiger partial charge in [0, 0.05) is 52.4 Å². The Morgan fingerprint density at radius 2 is 1.64 bits per heavy atom. The summed E-state index contributed by atoms with van der Waals surface area (Å²) in [5.41, 5.74) is 2.50. The van der Waals surface area contributed by atoms with Crippen LogP contribution in [0.15, 0.2) is 29.3 Å². The molecular weight excluding hydrogens is 531 g/mol. The molecule has 2 aliphatic rings. The van der Waals surface area contributed by atoms with Crippen molar-refractivity contribution < 1.29 is 9.90 Å². The third-order valence-corrected chi connectivity index (χ3v) is 6.32. The van der Waals surface area contributed by atoms with Gasteiger partial charge in [-0.3, -0.25) is 14.6 Å². The summed E-state index contributed by atoms with van der Waals surface area (Å²) < 4.78 is 0. The van der Waals surface area contributed by atoms with Crippen LogP contribution < -0.4 is 16.0 Å². The largest absolute Gasteiger partial charge is 0.393 e. The summed E-state index contributed by atoms with van der Waals surface area (Å²) in [6, 6.07) is 9.09. The molecule has 0 bridgehead atoms. The normalized spacial score (nSPS) is 19.1. The maximum absolute atomic E-state index is 11.6. The number of nitrogens with one attached hydrogen (secondary N) is 3. The van der Waals surface area contributed by atoms with Crippen molar-refractivity contribution in [1.29, 1.82) is 0 Å². The SMILES string of the molecule is CCNC(=NCc1ccc(CN2CCC(O)CC2)cc1)NC1CCN(CC(=O)NC)CC1.I. The van der Waals surface area contributed by atoms with Crippen LogP contribution in [0.1, 0.15) is 43.7 Å². The molecule has 1 aromatic rings. The van der Waals surface area contributed by atoms with Crippen molar-refractivity contribution in [2.75, 3.05) is 46.3 Å². The highest BCUT2D eigenvalue weighted by Gasteiger charge is 2.21. The fourth-order valence-electron chi connectivity index (χ4n) is 4.29. The number of rotatable bonds is 8. The molecular formula is C24H41IN6O2. The van der Waals surface area contributed by atoms with Crippen molar-refractivity contribution >= 4 is 35.8 Å². The van der Waals surface area contributed by atoms with E-state index in [1.807, 2.05) is 0 Å². The minimum Gasteiger partial charge on any atom is -0.393 e. The molecule has 4 N–H and O–H groups in total. The third kappa shape index (κ3) is 9.76. The lowest BCUT2D eigenvalue weighted by Crippen LogP contribution is -2.50. The first kappa shape index (κ1) is 27.8. The van der Waals surface area contributed by atoms with Gasteiger partial charge >= 0.3 is 0 Å². The van der Waals surface area contributed by atoms with E-state index in [0.717, 1.165) is 70.9 Å². The summed E-state index contributed by atoms with van der Waals surface area (Å²) in [7, 11) is 1.68. The first-order valence-electron chi connectivity index (χ1n) is 12.0. The highest BCUT2D eigenvalue weighted by molar-refractivity contribution is 14.0. The summed E-state index contributed by atoms with van der Waals surface area (Å²) in [5.74, 6) is 0.931. The molecule has 0 unspecified atom stereocenters. The molecule has 2 aliphatic heterocycles. The van der Waals surface area contributed by atoms with Crippen molar-refractivity contribution in [2.45, 2.75) is 57.8 Å². The number of aliphatic imine (C=N–C) groups is 1. The number of piperidine rings is 2. The number of likely N-dealkylation sites (tertiary alicyclic amines) is 2. The molecule has 1 amide bonds. The Bertz CT molecular complexity index is 729. The van der Waals surface area contributed by atoms with Crippen LogP contribution in [0.25, 0.3) is 0 Å². The van der Waals surface area contributed by atoms with Crippen LogP contribution in [0.5, 0.6) is 0 Å². The molecule has 0 aromatic heterocycles.